The van der Waals surface area contributed by atoms with Gasteiger partial charge in [-0.25, -0.2) is 0 Å². The molecule has 0 bridgehead atoms. The number of nitrogens with two attached hydrogens (primary N) is 7. The molecular weight excluding hydrogens is 1250 g/mol. The average molecular weight is 1350 g/mol. The Morgan fingerprint density at radius 3 is 1.51 bits per heavy atom. The molecule has 13 amide bonds. The molecule has 2 aromatic carbocycles. The number of hydrogen-bond acceptors (Lipinski definition) is 17. The Kier molecular flexibility index (Phi) is 33.9. The second-order valence-electron chi connectivity index (χ2n) is 24.1. The van der Waals surface area contributed by atoms with Crippen molar-refractivity contribution in [3.05, 3.63) is 71.8 Å². The zero-order valence-corrected chi connectivity index (χ0v) is 55.3. The van der Waals surface area contributed by atoms with E-state index in [0.717, 1.165) is 0 Å². The summed E-state index contributed by atoms with van der Waals surface area (Å²) in [6.45, 7) is 3.86. The Bertz CT molecular complexity index is 2960. The lowest BCUT2D eigenvalue weighted by Gasteiger charge is -2.32. The van der Waals surface area contributed by atoms with Crippen LogP contribution in [0.3, 0.4) is 0 Å². The molecule has 2 aromatic rings. The highest BCUT2D eigenvalue weighted by Crippen LogP contribution is 2.24. The molecule has 2 aliphatic rings. The molecule has 10 atom stereocenters. The van der Waals surface area contributed by atoms with Crippen LogP contribution in [0.2, 0.25) is 0 Å². The fraction of sp³-hybridized carbons (Fsp3) is 0.587. The van der Waals surface area contributed by atoms with E-state index in [1.54, 1.807) is 60.7 Å². The second-order valence-corrected chi connectivity index (χ2v) is 25.1. The molecule has 95 heavy (non-hydrogen) atoms. The van der Waals surface area contributed by atoms with Crippen molar-refractivity contribution >= 4 is 94.5 Å². The quantitative estimate of drug-likeness (QED) is 0.0173. The highest BCUT2D eigenvalue weighted by atomic mass is 32.2. The number of unbranched alkanes of at least 4 members (excludes halogenated alkanes) is 1. The normalized spacial score (nSPS) is 16.8. The van der Waals surface area contributed by atoms with Gasteiger partial charge in [-0.2, -0.15) is 11.8 Å². The second kappa shape index (κ2) is 41.0. The number of benzene rings is 2. The number of rotatable bonds is 42. The number of carbonyl (C=O) groups is 13. The minimum atomic E-state index is -1.64. The summed E-state index contributed by atoms with van der Waals surface area (Å²) in [7, 11) is 0. The Morgan fingerprint density at radius 2 is 1.01 bits per heavy atom. The molecule has 2 heterocycles. The highest BCUT2D eigenvalue weighted by Gasteiger charge is 2.42. The van der Waals surface area contributed by atoms with Crippen LogP contribution in [0.15, 0.2) is 65.7 Å². The molecule has 0 aromatic heterocycles. The molecule has 31 nitrogen and oxygen atoms in total. The third-order valence-electron chi connectivity index (χ3n) is 16.0. The fourth-order valence-corrected chi connectivity index (χ4v) is 11.5. The molecular formula is C63H98N18O13S. The van der Waals surface area contributed by atoms with Crippen LogP contribution in [0.5, 0.6) is 0 Å². The van der Waals surface area contributed by atoms with Gasteiger partial charge >= 0.3 is 0 Å². The van der Waals surface area contributed by atoms with Crippen molar-refractivity contribution in [1.82, 2.24) is 52.3 Å². The van der Waals surface area contributed by atoms with Crippen molar-refractivity contribution in [1.29, 1.82) is 0 Å². The largest absolute Gasteiger partial charge is 0.370 e. The van der Waals surface area contributed by atoms with Gasteiger partial charge < -0.3 is 92.5 Å². The maximum atomic E-state index is 14.7. The van der Waals surface area contributed by atoms with Gasteiger partial charge in [0.15, 0.2) is 5.96 Å². The molecule has 524 valence electrons. The van der Waals surface area contributed by atoms with Crippen LogP contribution >= 0.6 is 11.8 Å². The predicted molar refractivity (Wildman–Crippen MR) is 356 cm³/mol. The molecule has 4 rings (SSSR count). The monoisotopic (exact) mass is 1350 g/mol. The lowest BCUT2D eigenvalue weighted by Crippen LogP contribution is -2.60. The minimum Gasteiger partial charge on any atom is -0.370 e. The molecule has 0 radical (unpaired) electrons. The number of amides is 13. The van der Waals surface area contributed by atoms with E-state index in [-0.39, 0.29) is 83.0 Å². The number of thioether (sulfide) groups is 1. The Hall–Kier alpha value is -8.91. The van der Waals surface area contributed by atoms with E-state index in [9.17, 15) is 62.3 Å². The molecule has 0 unspecified atom stereocenters. The van der Waals surface area contributed by atoms with E-state index >= 15 is 0 Å². The van der Waals surface area contributed by atoms with Gasteiger partial charge in [0.05, 0.1) is 12.6 Å². The Balaban J connectivity index is 1.56. The van der Waals surface area contributed by atoms with Gasteiger partial charge in [-0.1, -0.05) is 74.5 Å². The van der Waals surface area contributed by atoms with Crippen LogP contribution in [0.1, 0.15) is 121 Å². The smallest absolute Gasteiger partial charge is 0.245 e. The Labute approximate surface area is 558 Å². The summed E-state index contributed by atoms with van der Waals surface area (Å²) in [5, 5.41) is 21.1. The summed E-state index contributed by atoms with van der Waals surface area (Å²) >= 11 is 1.45. The van der Waals surface area contributed by atoms with E-state index in [4.69, 9.17) is 40.1 Å². The van der Waals surface area contributed by atoms with Crippen LogP contribution in [0, 0.1) is 5.92 Å². The Morgan fingerprint density at radius 1 is 0.537 bits per heavy atom. The average Bonchev–Trinajstić information content (AvgIpc) is 1.74. The van der Waals surface area contributed by atoms with Gasteiger partial charge in [-0.05, 0) is 119 Å². The van der Waals surface area contributed by atoms with Crippen LogP contribution in [0.25, 0.3) is 0 Å². The van der Waals surface area contributed by atoms with Crippen molar-refractivity contribution in [2.75, 3.05) is 44.7 Å². The number of likely N-dealkylation sites (tertiary alicyclic amines) is 2. The minimum absolute atomic E-state index is 0.0736. The fourth-order valence-electron chi connectivity index (χ4n) is 11.0. The van der Waals surface area contributed by atoms with Gasteiger partial charge in [0.2, 0.25) is 76.8 Å². The zero-order valence-electron chi connectivity index (χ0n) is 54.5. The number of hydrogen-bond donors (Lipinski definition) is 15. The molecule has 0 saturated carbocycles. The summed E-state index contributed by atoms with van der Waals surface area (Å²) in [6, 6.07) is 4.51. The summed E-state index contributed by atoms with van der Waals surface area (Å²) in [6.07, 6.45) is 3.12. The summed E-state index contributed by atoms with van der Waals surface area (Å²) in [5.41, 5.74) is 40.6. The lowest BCUT2D eigenvalue weighted by atomic mass is 10.0. The van der Waals surface area contributed by atoms with Gasteiger partial charge in [0.25, 0.3) is 0 Å². The predicted octanol–water partition coefficient (Wildman–Crippen LogP) is -3.71. The lowest BCUT2D eigenvalue weighted by molar-refractivity contribution is -0.144. The third kappa shape index (κ3) is 27.5. The maximum Gasteiger partial charge on any atom is 0.245 e. The topological polar surface area (TPSA) is 519 Å². The van der Waals surface area contributed by atoms with E-state index in [1.165, 1.54) is 21.6 Å². The summed E-state index contributed by atoms with van der Waals surface area (Å²) in [4.78, 5) is 185. The van der Waals surface area contributed by atoms with Crippen LogP contribution in [0.4, 0.5) is 0 Å². The van der Waals surface area contributed by atoms with Crippen molar-refractivity contribution in [3.8, 4) is 0 Å². The van der Waals surface area contributed by atoms with Gasteiger partial charge in [-0.15, -0.1) is 0 Å². The first-order valence-electron chi connectivity index (χ1n) is 32.2. The highest BCUT2D eigenvalue weighted by molar-refractivity contribution is 7.98. The van der Waals surface area contributed by atoms with Crippen LogP contribution in [-0.4, -0.2) is 198 Å². The van der Waals surface area contributed by atoms with Crippen LogP contribution in [-0.2, 0) is 75.2 Å². The van der Waals surface area contributed by atoms with Crippen molar-refractivity contribution in [2.45, 2.75) is 183 Å². The number of guanidine groups is 1. The first kappa shape index (κ1) is 78.5. The summed E-state index contributed by atoms with van der Waals surface area (Å²) < 4.78 is 0. The number of primary amides is 3. The van der Waals surface area contributed by atoms with Crippen molar-refractivity contribution in [3.63, 3.8) is 0 Å². The number of carbonyl (C=O) groups excluding carboxylic acids is 13. The van der Waals surface area contributed by atoms with Crippen molar-refractivity contribution in [2.24, 2.45) is 51.0 Å². The van der Waals surface area contributed by atoms with E-state index in [0.29, 0.717) is 55.4 Å². The van der Waals surface area contributed by atoms with E-state index < -0.39 is 169 Å². The van der Waals surface area contributed by atoms with E-state index in [1.807, 2.05) is 20.1 Å². The standard InChI is InChI=1S/C63H98N18O13S/c1-37(2)33-45(57(89)74-41(53(68)85)27-32-95-3)73-52(84)36-72-54(86)46(34-38-15-6-4-7-16-38)78-58(90)47(35-39-17-8-5-9-18-39)79-56(88)42(23-25-50(66)82)75-55(87)43(24-26-51(67)83)76-59(91)49-22-14-31-81(49)62(94)44(20-10-11-28-64)77-60(92)48-21-13-30-80(48)61(93)40(65)19-12-29-71-63(69)70/h4-9,15-18,37,40-49H,10-14,19-36,64-65H2,1-3H3,(H2,66,82)(H2,67,83)(H2,68,85)(H,72,86)(H,73,84)(H,74,89)(H,75,87)(H,76,91)(H,77,92)(H,78,90)(H,79,88)(H4,69,70,71)/t40-,41-,42-,43+,44-,45+,46+,47+,48+,49+/m0/s1. The van der Waals surface area contributed by atoms with E-state index in [2.05, 4.69) is 47.5 Å². The van der Waals surface area contributed by atoms with Crippen molar-refractivity contribution < 1.29 is 62.3 Å². The maximum absolute atomic E-state index is 14.7. The SMILES string of the molecule is CSCC[C@H](NC(=O)[C@@H](CC(C)C)NC(=O)CNC(=O)[C@@H](Cc1ccccc1)NC(=O)[C@@H](Cc1ccccc1)NC(=O)[C@H](CCC(N)=O)NC(=O)[C@@H](CCC(N)=O)NC(=O)[C@H]1CCCN1C(=O)[C@H](CCCCN)NC(=O)[C@H]1CCCN1C(=O)[C@@H](N)CCCN=C(N)N)C(N)=O. The number of nitrogens with one attached hydrogen (secondary N) is 8. The van der Waals surface area contributed by atoms with Gasteiger partial charge in [-0.3, -0.25) is 67.3 Å². The van der Waals surface area contributed by atoms with Gasteiger partial charge in [0.1, 0.15) is 54.4 Å². The molecule has 2 fully saturated rings. The molecule has 2 aliphatic heterocycles. The molecule has 0 spiro atoms. The first-order chi connectivity index (χ1) is 45.2. The zero-order chi connectivity index (χ0) is 70.1. The third-order valence-corrected chi connectivity index (χ3v) is 16.7. The summed E-state index contributed by atoms with van der Waals surface area (Å²) in [5.74, 6) is -9.80. The van der Waals surface area contributed by atoms with Gasteiger partial charge in [0, 0.05) is 45.3 Å². The number of nitrogens with zero attached hydrogens (tertiary/aromatic N) is 3. The van der Waals surface area contributed by atoms with Crippen LogP contribution < -0.4 is 82.7 Å². The molecule has 22 N–H and O–H groups in total. The first-order valence-corrected chi connectivity index (χ1v) is 33.6. The molecule has 0 aliphatic carbocycles. The molecule has 32 heteroatoms. The number of aliphatic imine (C=N–C) groups is 1. The molecule has 2 saturated heterocycles.